The van der Waals surface area contributed by atoms with Gasteiger partial charge in [-0.15, -0.1) is 0 Å². The summed E-state index contributed by atoms with van der Waals surface area (Å²) in [5.41, 5.74) is 1.13. The molecule has 0 radical (unpaired) electrons. The fourth-order valence-electron chi connectivity index (χ4n) is 2.27. The molecule has 2 aromatic carbocycles. The number of ether oxygens (including phenoxy) is 1. The van der Waals surface area contributed by atoms with Gasteiger partial charge in [0.25, 0.3) is 0 Å². The number of halogens is 3. The van der Waals surface area contributed by atoms with Crippen molar-refractivity contribution >= 4 is 15.9 Å². The van der Waals surface area contributed by atoms with Crippen molar-refractivity contribution in [1.82, 2.24) is 4.57 Å². The topological polar surface area (TPSA) is 45.4 Å². The van der Waals surface area contributed by atoms with Crippen molar-refractivity contribution in [1.29, 1.82) is 0 Å². The first kappa shape index (κ1) is 17.3. The van der Waals surface area contributed by atoms with E-state index in [0.717, 1.165) is 5.56 Å². The minimum atomic E-state index is -0.354. The molecule has 0 unspecified atom stereocenters. The molecule has 0 saturated carbocycles. The molecule has 0 amide bonds. The summed E-state index contributed by atoms with van der Waals surface area (Å²) in [4.78, 5) is 15.3. The molecular formula is C18H14BrF2N2O2+. The highest BCUT2D eigenvalue weighted by Gasteiger charge is 2.16. The van der Waals surface area contributed by atoms with Gasteiger partial charge in [-0.05, 0) is 51.3 Å². The zero-order chi connectivity index (χ0) is 17.8. The second-order valence-electron chi connectivity index (χ2n) is 5.39. The Labute approximate surface area is 150 Å². The molecule has 3 aromatic rings. The van der Waals surface area contributed by atoms with Crippen LogP contribution in [0.1, 0.15) is 11.1 Å². The van der Waals surface area contributed by atoms with Crippen LogP contribution < -0.4 is 15.3 Å². The third kappa shape index (κ3) is 4.30. The average molecular weight is 408 g/mol. The fourth-order valence-corrected chi connectivity index (χ4v) is 2.73. The first-order valence-electron chi connectivity index (χ1n) is 7.45. The van der Waals surface area contributed by atoms with Crippen molar-refractivity contribution in [3.8, 4) is 5.88 Å². The maximum absolute atomic E-state index is 13.3. The molecule has 0 spiro atoms. The Morgan fingerprint density at radius 2 is 1.80 bits per heavy atom. The molecule has 0 aliphatic carbocycles. The molecule has 7 heteroatoms. The Balaban J connectivity index is 1.75. The highest BCUT2D eigenvalue weighted by atomic mass is 79.9. The Bertz CT molecular complexity index is 943. The zero-order valence-corrected chi connectivity index (χ0v) is 14.6. The Kier molecular flexibility index (Phi) is 5.23. The van der Waals surface area contributed by atoms with Gasteiger partial charge in [-0.1, -0.05) is 24.3 Å². The molecule has 25 heavy (non-hydrogen) atoms. The quantitative estimate of drug-likeness (QED) is 0.650. The number of aromatic amines is 1. The molecule has 1 heterocycles. The summed E-state index contributed by atoms with van der Waals surface area (Å²) < 4.78 is 33.4. The maximum Gasteiger partial charge on any atom is 0.355 e. The van der Waals surface area contributed by atoms with Crippen molar-refractivity contribution in [2.45, 2.75) is 13.2 Å². The predicted molar refractivity (Wildman–Crippen MR) is 91.2 cm³/mol. The van der Waals surface area contributed by atoms with Gasteiger partial charge in [0.1, 0.15) is 24.8 Å². The monoisotopic (exact) mass is 407 g/mol. The second kappa shape index (κ2) is 7.57. The van der Waals surface area contributed by atoms with Crippen molar-refractivity contribution in [2.75, 3.05) is 0 Å². The van der Waals surface area contributed by atoms with Gasteiger partial charge in [-0.25, -0.2) is 18.6 Å². The van der Waals surface area contributed by atoms with Crippen molar-refractivity contribution in [3.05, 3.63) is 92.4 Å². The van der Waals surface area contributed by atoms with Crippen LogP contribution in [0.3, 0.4) is 0 Å². The Morgan fingerprint density at radius 3 is 2.52 bits per heavy atom. The molecule has 0 fully saturated rings. The van der Waals surface area contributed by atoms with E-state index in [0.29, 0.717) is 5.56 Å². The summed E-state index contributed by atoms with van der Waals surface area (Å²) in [6.45, 7) is 0.409. The van der Waals surface area contributed by atoms with Crippen LogP contribution in [0.4, 0.5) is 8.78 Å². The lowest BCUT2D eigenvalue weighted by atomic mass is 10.2. The van der Waals surface area contributed by atoms with Crippen LogP contribution in [0.2, 0.25) is 0 Å². The second-order valence-corrected chi connectivity index (χ2v) is 6.19. The van der Waals surface area contributed by atoms with E-state index in [1.807, 2.05) is 0 Å². The van der Waals surface area contributed by atoms with Gasteiger partial charge < -0.3 is 4.74 Å². The van der Waals surface area contributed by atoms with E-state index in [-0.39, 0.29) is 40.7 Å². The van der Waals surface area contributed by atoms with Gasteiger partial charge in [0.15, 0.2) is 4.47 Å². The van der Waals surface area contributed by atoms with Gasteiger partial charge in [0, 0.05) is 0 Å². The van der Waals surface area contributed by atoms with Crippen LogP contribution in [-0.4, -0.2) is 4.57 Å². The maximum atomic E-state index is 13.3. The molecule has 1 N–H and O–H groups in total. The molecule has 3 rings (SSSR count). The minimum absolute atomic E-state index is 0.183. The molecule has 0 aliphatic heterocycles. The van der Waals surface area contributed by atoms with Crippen LogP contribution in [0.25, 0.3) is 0 Å². The molecule has 0 saturated heterocycles. The summed E-state index contributed by atoms with van der Waals surface area (Å²) in [5, 5.41) is 0. The summed E-state index contributed by atoms with van der Waals surface area (Å²) in [6, 6.07) is 11.9. The van der Waals surface area contributed by atoms with Crippen LogP contribution in [0.5, 0.6) is 5.88 Å². The van der Waals surface area contributed by atoms with Gasteiger partial charge in [0.2, 0.25) is 6.33 Å². The van der Waals surface area contributed by atoms with E-state index in [2.05, 4.69) is 20.9 Å². The van der Waals surface area contributed by atoms with E-state index in [4.69, 9.17) is 4.74 Å². The minimum Gasteiger partial charge on any atom is -0.456 e. The summed E-state index contributed by atoms with van der Waals surface area (Å²) in [5.74, 6) is -0.408. The van der Waals surface area contributed by atoms with Gasteiger partial charge in [0.05, 0.1) is 0 Å². The molecule has 1 aromatic heterocycles. The van der Waals surface area contributed by atoms with Crippen LogP contribution in [0, 0.1) is 11.6 Å². The standard InChI is InChI=1S/C18H13BrF2N2O2/c19-16-17(25-10-12-4-6-14(20)7-5-12)22-11-23(18(16)24)9-13-2-1-3-15(21)8-13/h1-8,11H,9-10H2/p+1. The highest BCUT2D eigenvalue weighted by molar-refractivity contribution is 9.10. The summed E-state index contributed by atoms with van der Waals surface area (Å²) >= 11 is 3.22. The first-order valence-corrected chi connectivity index (χ1v) is 8.24. The van der Waals surface area contributed by atoms with Gasteiger partial charge >= 0.3 is 11.4 Å². The van der Waals surface area contributed by atoms with Crippen LogP contribution in [0.15, 0.2) is 64.1 Å². The molecule has 4 nitrogen and oxygen atoms in total. The summed E-state index contributed by atoms with van der Waals surface area (Å²) in [7, 11) is 0. The molecular weight excluding hydrogens is 394 g/mol. The molecule has 0 bridgehead atoms. The van der Waals surface area contributed by atoms with E-state index >= 15 is 0 Å². The number of benzene rings is 2. The van der Waals surface area contributed by atoms with Gasteiger partial charge in [-0.3, -0.25) is 0 Å². The van der Waals surface area contributed by atoms with E-state index in [9.17, 15) is 13.6 Å². The first-order chi connectivity index (χ1) is 12.0. The largest absolute Gasteiger partial charge is 0.456 e. The van der Waals surface area contributed by atoms with E-state index in [1.165, 1.54) is 35.2 Å². The number of rotatable bonds is 5. The third-order valence-corrected chi connectivity index (χ3v) is 4.24. The number of hydrogen-bond donors (Lipinski definition) is 0. The lowest BCUT2D eigenvalue weighted by Gasteiger charge is -2.06. The third-order valence-electron chi connectivity index (χ3n) is 3.54. The van der Waals surface area contributed by atoms with Crippen LogP contribution in [-0.2, 0) is 13.2 Å². The van der Waals surface area contributed by atoms with Crippen molar-refractivity contribution in [3.63, 3.8) is 0 Å². The van der Waals surface area contributed by atoms with Gasteiger partial charge in [-0.2, -0.15) is 4.57 Å². The summed E-state index contributed by atoms with van der Waals surface area (Å²) in [6.07, 6.45) is 1.47. The van der Waals surface area contributed by atoms with Crippen LogP contribution >= 0.6 is 15.9 Å². The zero-order valence-electron chi connectivity index (χ0n) is 13.0. The lowest BCUT2D eigenvalue weighted by molar-refractivity contribution is -0.404. The highest BCUT2D eigenvalue weighted by Crippen LogP contribution is 2.16. The van der Waals surface area contributed by atoms with Crippen molar-refractivity contribution in [2.24, 2.45) is 0 Å². The average Bonchev–Trinajstić information content (AvgIpc) is 2.60. The number of nitrogens with one attached hydrogen (secondary N) is 1. The number of hydrogen-bond acceptors (Lipinski definition) is 2. The number of nitrogens with zero attached hydrogens (tertiary/aromatic N) is 1. The van der Waals surface area contributed by atoms with E-state index in [1.54, 1.807) is 24.3 Å². The molecule has 128 valence electrons. The number of aromatic nitrogens is 2. The van der Waals surface area contributed by atoms with E-state index < -0.39 is 0 Å². The Morgan fingerprint density at radius 1 is 1.04 bits per heavy atom. The SMILES string of the molecule is O=c1c(Br)c(OCc2ccc(F)cc2)[nH+]cn1Cc1cccc(F)c1. The lowest BCUT2D eigenvalue weighted by Crippen LogP contribution is -2.28. The fraction of sp³-hybridized carbons (Fsp3) is 0.111. The Hall–Kier alpha value is -2.54. The normalized spacial score (nSPS) is 10.7. The number of H-pyrrole nitrogens is 1. The molecule has 0 aliphatic rings. The van der Waals surface area contributed by atoms with Crippen molar-refractivity contribution < 1.29 is 18.5 Å². The smallest absolute Gasteiger partial charge is 0.355 e. The predicted octanol–water partition coefficient (Wildman–Crippen LogP) is 3.33. The molecule has 0 atom stereocenters.